The average Bonchev–Trinajstić information content (AvgIpc) is 2.28. The van der Waals surface area contributed by atoms with Crippen molar-refractivity contribution in [2.75, 3.05) is 18.9 Å². The summed E-state index contributed by atoms with van der Waals surface area (Å²) in [6, 6.07) is 4.11. The molecule has 0 aromatic heterocycles. The van der Waals surface area contributed by atoms with Crippen LogP contribution in [-0.2, 0) is 0 Å². The molecule has 0 atom stereocenters. The largest absolute Gasteiger partial charge is 0.342 e. The van der Waals surface area contributed by atoms with Crippen LogP contribution in [0.1, 0.15) is 16.8 Å². The Hall–Kier alpha value is -0.420. The van der Waals surface area contributed by atoms with Gasteiger partial charge in [-0.25, -0.2) is 4.39 Å². The number of amides is 1. The molecule has 0 bridgehead atoms. The van der Waals surface area contributed by atoms with Crippen LogP contribution in [0.4, 0.5) is 4.39 Å². The predicted molar refractivity (Wildman–Crippen MR) is 69.5 cm³/mol. The Bertz CT molecular complexity index is 384. The monoisotopic (exact) mass is 351 g/mol. The molecule has 0 heterocycles. The molecule has 0 aliphatic heterocycles. The van der Waals surface area contributed by atoms with Gasteiger partial charge in [0.15, 0.2) is 0 Å². The quantitative estimate of drug-likeness (QED) is 0.760. The molecule has 2 nitrogen and oxygen atoms in total. The summed E-state index contributed by atoms with van der Waals surface area (Å²) in [5.74, 6) is -0.576. The van der Waals surface area contributed by atoms with Gasteiger partial charge >= 0.3 is 0 Å². The van der Waals surface area contributed by atoms with E-state index in [0.29, 0.717) is 16.6 Å². The van der Waals surface area contributed by atoms with Crippen LogP contribution in [-0.4, -0.2) is 29.7 Å². The zero-order chi connectivity index (χ0) is 12.1. The van der Waals surface area contributed by atoms with E-state index in [-0.39, 0.29) is 5.91 Å². The zero-order valence-corrected chi connectivity index (χ0v) is 12.0. The lowest BCUT2D eigenvalue weighted by Crippen LogP contribution is -2.28. The van der Waals surface area contributed by atoms with Gasteiger partial charge in [0.1, 0.15) is 5.82 Å². The van der Waals surface area contributed by atoms with Crippen LogP contribution in [0.2, 0.25) is 0 Å². The van der Waals surface area contributed by atoms with Crippen LogP contribution >= 0.6 is 31.9 Å². The number of halogens is 3. The maximum atomic E-state index is 13.0. The maximum Gasteiger partial charge on any atom is 0.254 e. The molecule has 0 N–H and O–H groups in total. The first-order valence-corrected chi connectivity index (χ1v) is 6.74. The number of hydrogen-bond acceptors (Lipinski definition) is 1. The van der Waals surface area contributed by atoms with Gasteiger partial charge in [-0.2, -0.15) is 0 Å². The molecule has 0 saturated carbocycles. The van der Waals surface area contributed by atoms with Crippen molar-refractivity contribution in [2.45, 2.75) is 6.42 Å². The molecular weight excluding hydrogens is 341 g/mol. The summed E-state index contributed by atoms with van der Waals surface area (Å²) in [5.41, 5.74) is 0.358. The molecule has 0 saturated heterocycles. The lowest BCUT2D eigenvalue weighted by Gasteiger charge is -2.17. The second kappa shape index (κ2) is 6.35. The van der Waals surface area contributed by atoms with Crippen molar-refractivity contribution < 1.29 is 9.18 Å². The van der Waals surface area contributed by atoms with E-state index in [1.807, 2.05) is 0 Å². The molecule has 1 aromatic rings. The Morgan fingerprint density at radius 2 is 2.19 bits per heavy atom. The molecule has 1 amide bonds. The molecule has 0 aliphatic carbocycles. The first-order valence-electron chi connectivity index (χ1n) is 4.82. The highest BCUT2D eigenvalue weighted by molar-refractivity contribution is 9.10. The van der Waals surface area contributed by atoms with Gasteiger partial charge in [0, 0.05) is 23.4 Å². The minimum Gasteiger partial charge on any atom is -0.342 e. The molecule has 1 aromatic carbocycles. The minimum absolute atomic E-state index is 0.174. The van der Waals surface area contributed by atoms with E-state index in [4.69, 9.17) is 0 Å². The van der Waals surface area contributed by atoms with Gasteiger partial charge in [-0.15, -0.1) is 0 Å². The Morgan fingerprint density at radius 1 is 1.50 bits per heavy atom. The number of rotatable bonds is 4. The summed E-state index contributed by atoms with van der Waals surface area (Å²) < 4.78 is 13.6. The molecule has 88 valence electrons. The highest BCUT2D eigenvalue weighted by Crippen LogP contribution is 2.19. The second-order valence-corrected chi connectivity index (χ2v) is 5.04. The topological polar surface area (TPSA) is 20.3 Å². The smallest absolute Gasteiger partial charge is 0.254 e. The van der Waals surface area contributed by atoms with Crippen molar-refractivity contribution in [3.05, 3.63) is 34.1 Å². The Labute approximate surface area is 111 Å². The number of alkyl halides is 1. The Morgan fingerprint density at radius 3 is 2.81 bits per heavy atom. The van der Waals surface area contributed by atoms with Crippen molar-refractivity contribution in [2.24, 2.45) is 0 Å². The lowest BCUT2D eigenvalue weighted by molar-refractivity contribution is 0.0794. The van der Waals surface area contributed by atoms with Crippen molar-refractivity contribution in [1.29, 1.82) is 0 Å². The van der Waals surface area contributed by atoms with E-state index in [1.165, 1.54) is 12.1 Å². The lowest BCUT2D eigenvalue weighted by atomic mass is 10.2. The van der Waals surface area contributed by atoms with E-state index in [1.54, 1.807) is 18.0 Å². The van der Waals surface area contributed by atoms with Crippen molar-refractivity contribution in [3.63, 3.8) is 0 Å². The molecule has 5 heteroatoms. The van der Waals surface area contributed by atoms with Crippen molar-refractivity contribution in [3.8, 4) is 0 Å². The fourth-order valence-corrected chi connectivity index (χ4v) is 1.93. The highest BCUT2D eigenvalue weighted by Gasteiger charge is 2.15. The molecule has 0 fully saturated rings. The first-order chi connectivity index (χ1) is 7.56. The molecule has 0 radical (unpaired) electrons. The van der Waals surface area contributed by atoms with Crippen LogP contribution in [0.25, 0.3) is 0 Å². The molecule has 0 unspecified atom stereocenters. The molecular formula is C11H12Br2FNO. The molecule has 1 rings (SSSR count). The van der Waals surface area contributed by atoms with Gasteiger partial charge in [0.2, 0.25) is 0 Å². The number of carbonyl (C=O) groups excluding carboxylic acids is 1. The summed E-state index contributed by atoms with van der Waals surface area (Å²) in [6.07, 6.45) is 0.870. The number of benzene rings is 1. The van der Waals surface area contributed by atoms with Crippen LogP contribution < -0.4 is 0 Å². The third-order valence-corrected chi connectivity index (χ3v) is 3.38. The third kappa shape index (κ3) is 3.56. The minimum atomic E-state index is -0.402. The second-order valence-electron chi connectivity index (χ2n) is 3.39. The summed E-state index contributed by atoms with van der Waals surface area (Å²) >= 11 is 6.55. The Balaban J connectivity index is 2.83. The average molecular weight is 353 g/mol. The van der Waals surface area contributed by atoms with Gasteiger partial charge in [0.05, 0.1) is 5.56 Å². The third-order valence-electron chi connectivity index (χ3n) is 2.13. The normalized spacial score (nSPS) is 10.2. The van der Waals surface area contributed by atoms with Gasteiger partial charge in [-0.3, -0.25) is 4.79 Å². The van der Waals surface area contributed by atoms with Gasteiger partial charge in [0.25, 0.3) is 5.91 Å². The van der Waals surface area contributed by atoms with E-state index in [0.717, 1.165) is 11.8 Å². The fraction of sp³-hybridized carbons (Fsp3) is 0.364. The number of nitrogens with zero attached hydrogens (tertiary/aromatic N) is 1. The van der Waals surface area contributed by atoms with E-state index in [9.17, 15) is 9.18 Å². The number of carbonyl (C=O) groups is 1. The van der Waals surface area contributed by atoms with Gasteiger partial charge in [-0.1, -0.05) is 15.9 Å². The number of hydrogen-bond donors (Lipinski definition) is 0. The van der Waals surface area contributed by atoms with Crippen LogP contribution in [0.5, 0.6) is 0 Å². The summed E-state index contributed by atoms with van der Waals surface area (Å²) in [5, 5.41) is 0.842. The van der Waals surface area contributed by atoms with Gasteiger partial charge in [-0.05, 0) is 40.5 Å². The SMILES string of the molecule is CN(CCCBr)C(=O)c1cc(F)ccc1Br. The van der Waals surface area contributed by atoms with Crippen molar-refractivity contribution in [1.82, 2.24) is 4.90 Å². The van der Waals surface area contributed by atoms with E-state index in [2.05, 4.69) is 31.9 Å². The predicted octanol–water partition coefficient (Wildman–Crippen LogP) is 3.45. The molecule has 0 spiro atoms. The zero-order valence-electron chi connectivity index (χ0n) is 8.84. The van der Waals surface area contributed by atoms with Gasteiger partial charge < -0.3 is 4.90 Å². The Kier molecular flexibility index (Phi) is 5.41. The summed E-state index contributed by atoms with van der Waals surface area (Å²) in [4.78, 5) is 13.5. The summed E-state index contributed by atoms with van der Waals surface area (Å²) in [7, 11) is 1.71. The van der Waals surface area contributed by atoms with Crippen molar-refractivity contribution >= 4 is 37.8 Å². The molecule has 16 heavy (non-hydrogen) atoms. The fourth-order valence-electron chi connectivity index (χ4n) is 1.27. The highest BCUT2D eigenvalue weighted by atomic mass is 79.9. The first kappa shape index (κ1) is 13.6. The van der Waals surface area contributed by atoms with Crippen LogP contribution in [0.15, 0.2) is 22.7 Å². The summed E-state index contributed by atoms with van der Waals surface area (Å²) in [6.45, 7) is 0.646. The van der Waals surface area contributed by atoms with E-state index < -0.39 is 5.82 Å². The van der Waals surface area contributed by atoms with Crippen LogP contribution in [0.3, 0.4) is 0 Å². The van der Waals surface area contributed by atoms with E-state index >= 15 is 0 Å². The maximum absolute atomic E-state index is 13.0. The van der Waals surface area contributed by atoms with Crippen LogP contribution in [0, 0.1) is 5.82 Å². The standard InChI is InChI=1S/C11H12Br2FNO/c1-15(6-2-5-12)11(16)9-7-8(14)3-4-10(9)13/h3-4,7H,2,5-6H2,1H3. The molecule has 0 aliphatic rings.